The SMILES string of the molecule is CC(Oc1ccc2[nH]nc(-c3cnn(C)c3)c2c1)c1cc(Br)cc2nccnc12. The highest BCUT2D eigenvalue weighted by Crippen LogP contribution is 2.33. The fourth-order valence-corrected chi connectivity index (χ4v) is 3.94. The van der Waals surface area contributed by atoms with Gasteiger partial charge in [-0.3, -0.25) is 19.7 Å². The number of nitrogens with zero attached hydrogens (tertiary/aromatic N) is 5. The van der Waals surface area contributed by atoms with Crippen LogP contribution in [0.2, 0.25) is 0 Å². The molecular formula is C21H17BrN6O. The van der Waals surface area contributed by atoms with Crippen molar-refractivity contribution in [3.05, 3.63) is 65.2 Å². The molecule has 0 spiro atoms. The Balaban J connectivity index is 1.52. The van der Waals surface area contributed by atoms with Gasteiger partial charge >= 0.3 is 0 Å². The lowest BCUT2D eigenvalue weighted by molar-refractivity contribution is 0.228. The van der Waals surface area contributed by atoms with Crippen LogP contribution in [0.3, 0.4) is 0 Å². The standard InChI is InChI=1S/C21H17BrN6O/c1-12(16-7-14(22)8-19-21(16)24-6-5-23-19)29-15-3-4-18-17(9-15)20(27-26-18)13-10-25-28(2)11-13/h3-12H,1-2H3,(H,26,27). The molecular weight excluding hydrogens is 432 g/mol. The van der Waals surface area contributed by atoms with Gasteiger partial charge in [0.2, 0.25) is 0 Å². The van der Waals surface area contributed by atoms with Crippen LogP contribution >= 0.6 is 15.9 Å². The van der Waals surface area contributed by atoms with E-state index < -0.39 is 0 Å². The number of aryl methyl sites for hydroxylation is 1. The maximum atomic E-state index is 6.29. The van der Waals surface area contributed by atoms with Crippen LogP contribution in [-0.4, -0.2) is 29.9 Å². The summed E-state index contributed by atoms with van der Waals surface area (Å²) in [4.78, 5) is 8.90. The molecule has 1 atom stereocenters. The van der Waals surface area contributed by atoms with Crippen molar-refractivity contribution >= 4 is 37.9 Å². The summed E-state index contributed by atoms with van der Waals surface area (Å²) in [6.45, 7) is 2.01. The lowest BCUT2D eigenvalue weighted by atomic mass is 10.1. The highest BCUT2D eigenvalue weighted by molar-refractivity contribution is 9.10. The number of fused-ring (bicyclic) bond motifs is 2. The molecule has 0 aliphatic heterocycles. The quantitative estimate of drug-likeness (QED) is 0.426. The van der Waals surface area contributed by atoms with Crippen LogP contribution in [0.4, 0.5) is 0 Å². The van der Waals surface area contributed by atoms with Gasteiger partial charge in [0.15, 0.2) is 0 Å². The molecule has 5 rings (SSSR count). The fourth-order valence-electron chi connectivity index (χ4n) is 3.47. The summed E-state index contributed by atoms with van der Waals surface area (Å²) in [6.07, 6.45) is 6.93. The van der Waals surface area contributed by atoms with Crippen molar-refractivity contribution < 1.29 is 4.74 Å². The Morgan fingerprint density at radius 2 is 2.00 bits per heavy atom. The van der Waals surface area contributed by atoms with Crippen LogP contribution < -0.4 is 4.74 Å². The van der Waals surface area contributed by atoms with E-state index in [-0.39, 0.29) is 6.10 Å². The third kappa shape index (κ3) is 3.25. The number of halogens is 1. The average molecular weight is 449 g/mol. The molecule has 144 valence electrons. The van der Waals surface area contributed by atoms with Crippen molar-refractivity contribution in [2.24, 2.45) is 7.05 Å². The minimum atomic E-state index is -0.210. The summed E-state index contributed by atoms with van der Waals surface area (Å²) < 4.78 is 8.99. The van der Waals surface area contributed by atoms with E-state index in [9.17, 15) is 0 Å². The monoisotopic (exact) mass is 448 g/mol. The predicted molar refractivity (Wildman–Crippen MR) is 115 cm³/mol. The van der Waals surface area contributed by atoms with Gasteiger partial charge in [-0.2, -0.15) is 10.2 Å². The second kappa shape index (κ2) is 6.97. The molecule has 0 aliphatic rings. The second-order valence-corrected chi connectivity index (χ2v) is 7.78. The predicted octanol–water partition coefficient (Wildman–Crippen LogP) is 4.81. The first-order valence-electron chi connectivity index (χ1n) is 9.12. The van der Waals surface area contributed by atoms with Gasteiger partial charge in [0, 0.05) is 46.6 Å². The maximum Gasteiger partial charge on any atom is 0.123 e. The summed E-state index contributed by atoms with van der Waals surface area (Å²) >= 11 is 3.56. The summed E-state index contributed by atoms with van der Waals surface area (Å²) in [7, 11) is 1.89. The van der Waals surface area contributed by atoms with E-state index in [0.717, 1.165) is 49.0 Å². The Bertz CT molecular complexity index is 1340. The van der Waals surface area contributed by atoms with E-state index in [1.165, 1.54) is 0 Å². The van der Waals surface area contributed by atoms with Crippen LogP contribution in [-0.2, 0) is 7.05 Å². The Labute approximate surface area is 174 Å². The Morgan fingerprint density at radius 3 is 2.83 bits per heavy atom. The topological polar surface area (TPSA) is 81.5 Å². The van der Waals surface area contributed by atoms with Crippen molar-refractivity contribution in [1.82, 2.24) is 29.9 Å². The molecule has 0 fully saturated rings. The number of H-pyrrole nitrogens is 1. The van der Waals surface area contributed by atoms with Crippen LogP contribution in [0, 0.1) is 0 Å². The number of nitrogens with one attached hydrogen (secondary N) is 1. The number of hydrogen-bond donors (Lipinski definition) is 1. The smallest absolute Gasteiger partial charge is 0.123 e. The zero-order valence-corrected chi connectivity index (χ0v) is 17.4. The lowest BCUT2D eigenvalue weighted by Crippen LogP contribution is -2.05. The van der Waals surface area contributed by atoms with Gasteiger partial charge in [0.25, 0.3) is 0 Å². The van der Waals surface area contributed by atoms with Gasteiger partial charge in [-0.25, -0.2) is 0 Å². The molecule has 0 amide bonds. The van der Waals surface area contributed by atoms with Crippen LogP contribution in [0.5, 0.6) is 5.75 Å². The minimum Gasteiger partial charge on any atom is -0.486 e. The van der Waals surface area contributed by atoms with Crippen LogP contribution in [0.25, 0.3) is 33.2 Å². The molecule has 3 heterocycles. The first-order chi connectivity index (χ1) is 14.1. The zero-order chi connectivity index (χ0) is 20.0. The highest BCUT2D eigenvalue weighted by atomic mass is 79.9. The van der Waals surface area contributed by atoms with Crippen molar-refractivity contribution in [3.8, 4) is 17.0 Å². The highest BCUT2D eigenvalue weighted by Gasteiger charge is 2.16. The average Bonchev–Trinajstić information content (AvgIpc) is 3.32. The molecule has 7 nitrogen and oxygen atoms in total. The molecule has 1 unspecified atom stereocenters. The Kier molecular flexibility index (Phi) is 4.28. The molecule has 1 N–H and O–H groups in total. The van der Waals surface area contributed by atoms with Gasteiger partial charge in [-0.15, -0.1) is 0 Å². The van der Waals surface area contributed by atoms with E-state index >= 15 is 0 Å². The van der Waals surface area contributed by atoms with Gasteiger partial charge < -0.3 is 4.74 Å². The third-order valence-electron chi connectivity index (χ3n) is 4.83. The third-order valence-corrected chi connectivity index (χ3v) is 5.29. The molecule has 0 saturated carbocycles. The van der Waals surface area contributed by atoms with E-state index in [2.05, 4.69) is 41.2 Å². The van der Waals surface area contributed by atoms with Crippen molar-refractivity contribution in [3.63, 3.8) is 0 Å². The van der Waals surface area contributed by atoms with Crippen LogP contribution in [0.1, 0.15) is 18.6 Å². The van der Waals surface area contributed by atoms with Crippen LogP contribution in [0.15, 0.2) is 59.6 Å². The van der Waals surface area contributed by atoms with E-state index in [4.69, 9.17) is 4.74 Å². The largest absolute Gasteiger partial charge is 0.486 e. The first kappa shape index (κ1) is 17.8. The van der Waals surface area contributed by atoms with Gasteiger partial charge in [0.05, 0.1) is 22.7 Å². The molecule has 8 heteroatoms. The fraction of sp³-hybridized carbons (Fsp3) is 0.143. The summed E-state index contributed by atoms with van der Waals surface area (Å²) in [5, 5.41) is 12.8. The zero-order valence-electron chi connectivity index (χ0n) is 15.8. The van der Waals surface area contributed by atoms with Crippen molar-refractivity contribution in [2.45, 2.75) is 13.0 Å². The first-order valence-corrected chi connectivity index (χ1v) is 9.92. The summed E-state index contributed by atoms with van der Waals surface area (Å²) in [5.74, 6) is 0.758. The van der Waals surface area contributed by atoms with Crippen molar-refractivity contribution in [1.29, 1.82) is 0 Å². The number of benzene rings is 2. The number of hydrogen-bond acceptors (Lipinski definition) is 5. The number of rotatable bonds is 4. The van der Waals surface area contributed by atoms with E-state index in [0.29, 0.717) is 0 Å². The summed E-state index contributed by atoms with van der Waals surface area (Å²) in [5.41, 5.74) is 5.40. The number of aromatic nitrogens is 6. The molecule has 3 aromatic heterocycles. The second-order valence-electron chi connectivity index (χ2n) is 6.86. The van der Waals surface area contributed by atoms with E-state index in [1.807, 2.05) is 50.5 Å². The Morgan fingerprint density at radius 1 is 1.14 bits per heavy atom. The number of ether oxygens (including phenoxy) is 1. The minimum absolute atomic E-state index is 0.210. The normalized spacial score (nSPS) is 12.5. The number of aromatic amines is 1. The molecule has 2 aromatic carbocycles. The molecule has 0 bridgehead atoms. The maximum absolute atomic E-state index is 6.29. The van der Waals surface area contributed by atoms with Gasteiger partial charge in [0.1, 0.15) is 17.5 Å². The molecule has 0 radical (unpaired) electrons. The molecule has 5 aromatic rings. The van der Waals surface area contributed by atoms with Gasteiger partial charge in [-0.1, -0.05) is 15.9 Å². The molecule has 0 saturated heterocycles. The van der Waals surface area contributed by atoms with Crippen molar-refractivity contribution in [2.75, 3.05) is 0 Å². The molecule has 29 heavy (non-hydrogen) atoms. The molecule has 0 aliphatic carbocycles. The lowest BCUT2D eigenvalue weighted by Gasteiger charge is -2.17. The van der Waals surface area contributed by atoms with E-state index in [1.54, 1.807) is 23.3 Å². The van der Waals surface area contributed by atoms with Gasteiger partial charge in [-0.05, 0) is 37.3 Å². The Hall–Kier alpha value is -3.26. The summed E-state index contributed by atoms with van der Waals surface area (Å²) in [6, 6.07) is 9.90.